The molecule has 0 spiro atoms. The second-order valence-electron chi connectivity index (χ2n) is 3.21. The van der Waals surface area contributed by atoms with E-state index in [0.29, 0.717) is 13.2 Å². The summed E-state index contributed by atoms with van der Waals surface area (Å²) < 4.78 is 5.05. The highest BCUT2D eigenvalue weighted by Gasteiger charge is 2.09. The molecule has 0 aromatic heterocycles. The average Bonchev–Trinajstić information content (AvgIpc) is 2.19. The Kier molecular flexibility index (Phi) is 7.11. The molecular formula is C11H21NO2. The van der Waals surface area contributed by atoms with Gasteiger partial charge in [0.15, 0.2) is 0 Å². The van der Waals surface area contributed by atoms with Crippen molar-refractivity contribution < 1.29 is 9.53 Å². The number of nitrogens with two attached hydrogens (primary N) is 1. The van der Waals surface area contributed by atoms with E-state index in [4.69, 9.17) is 10.5 Å². The van der Waals surface area contributed by atoms with Crippen LogP contribution in [0.5, 0.6) is 0 Å². The van der Waals surface area contributed by atoms with Crippen molar-refractivity contribution >= 4 is 5.97 Å². The Bertz CT molecular complexity index is 203. The summed E-state index contributed by atoms with van der Waals surface area (Å²) in [5.74, 6) is -0.197. The molecule has 0 bridgehead atoms. The van der Waals surface area contributed by atoms with Crippen molar-refractivity contribution in [3.63, 3.8) is 0 Å². The van der Waals surface area contributed by atoms with Gasteiger partial charge >= 0.3 is 5.97 Å². The molecule has 3 nitrogen and oxygen atoms in total. The van der Waals surface area contributed by atoms with Gasteiger partial charge in [-0.25, -0.2) is 4.79 Å². The predicted octanol–water partition coefficient (Wildman–Crippen LogP) is 2.01. The maximum Gasteiger partial charge on any atom is 0.333 e. The second-order valence-corrected chi connectivity index (χ2v) is 3.21. The minimum Gasteiger partial charge on any atom is -0.462 e. The fourth-order valence-corrected chi connectivity index (χ4v) is 1.28. The molecule has 0 fully saturated rings. The van der Waals surface area contributed by atoms with Gasteiger partial charge in [0.2, 0.25) is 0 Å². The molecule has 0 saturated carbocycles. The molecule has 0 radical (unpaired) electrons. The minimum atomic E-state index is -0.197. The molecule has 0 unspecified atom stereocenters. The molecule has 0 heterocycles. The Balaban J connectivity index is 4.15. The number of ether oxygens (including phenoxy) is 1. The van der Waals surface area contributed by atoms with E-state index in [1.54, 1.807) is 0 Å². The van der Waals surface area contributed by atoms with E-state index >= 15 is 0 Å². The van der Waals surface area contributed by atoms with Gasteiger partial charge in [-0.1, -0.05) is 19.4 Å². The zero-order valence-corrected chi connectivity index (χ0v) is 9.43. The first-order valence-electron chi connectivity index (χ1n) is 5.23. The summed E-state index contributed by atoms with van der Waals surface area (Å²) in [6.45, 7) is 6.91. The van der Waals surface area contributed by atoms with E-state index in [1.165, 1.54) is 5.57 Å². The van der Waals surface area contributed by atoms with E-state index in [-0.39, 0.29) is 5.97 Å². The van der Waals surface area contributed by atoms with E-state index < -0.39 is 0 Å². The normalized spacial score (nSPS) is 9.71. The van der Waals surface area contributed by atoms with Crippen LogP contribution in [0, 0.1) is 0 Å². The van der Waals surface area contributed by atoms with Crippen LogP contribution in [0.2, 0.25) is 0 Å². The first kappa shape index (κ1) is 13.2. The van der Waals surface area contributed by atoms with E-state index in [2.05, 4.69) is 13.8 Å². The molecule has 0 aliphatic rings. The molecule has 0 aliphatic carbocycles. The lowest BCUT2D eigenvalue weighted by atomic mass is 10.1. The van der Waals surface area contributed by atoms with Crippen LogP contribution in [0.1, 0.15) is 40.0 Å². The van der Waals surface area contributed by atoms with Crippen molar-refractivity contribution in [1.29, 1.82) is 0 Å². The monoisotopic (exact) mass is 199 g/mol. The Morgan fingerprint density at radius 1 is 1.29 bits per heavy atom. The third-order valence-corrected chi connectivity index (χ3v) is 2.27. The molecule has 2 N–H and O–H groups in total. The van der Waals surface area contributed by atoms with Crippen molar-refractivity contribution in [3.05, 3.63) is 11.1 Å². The van der Waals surface area contributed by atoms with Gasteiger partial charge in [0.05, 0.1) is 6.61 Å². The summed E-state index contributed by atoms with van der Waals surface area (Å²) >= 11 is 0. The van der Waals surface area contributed by atoms with Crippen molar-refractivity contribution in [2.75, 3.05) is 13.2 Å². The summed E-state index contributed by atoms with van der Waals surface area (Å²) in [6.07, 6.45) is 2.55. The van der Waals surface area contributed by atoms with Crippen LogP contribution in [-0.2, 0) is 9.53 Å². The lowest BCUT2D eigenvalue weighted by Gasteiger charge is -2.08. The summed E-state index contributed by atoms with van der Waals surface area (Å²) in [7, 11) is 0. The van der Waals surface area contributed by atoms with Crippen molar-refractivity contribution in [2.24, 2.45) is 5.73 Å². The largest absolute Gasteiger partial charge is 0.462 e. The van der Waals surface area contributed by atoms with Gasteiger partial charge < -0.3 is 10.5 Å². The van der Waals surface area contributed by atoms with E-state index in [9.17, 15) is 4.79 Å². The van der Waals surface area contributed by atoms with Crippen molar-refractivity contribution in [1.82, 2.24) is 0 Å². The molecule has 0 rings (SSSR count). The fraction of sp³-hybridized carbons (Fsp3) is 0.727. The van der Waals surface area contributed by atoms with Gasteiger partial charge in [-0.3, -0.25) is 0 Å². The lowest BCUT2D eigenvalue weighted by molar-refractivity contribution is -0.139. The average molecular weight is 199 g/mol. The van der Waals surface area contributed by atoms with Crippen molar-refractivity contribution in [2.45, 2.75) is 40.0 Å². The number of allylic oxidation sites excluding steroid dienone is 1. The van der Waals surface area contributed by atoms with Gasteiger partial charge in [0, 0.05) is 5.57 Å². The number of hydrogen-bond acceptors (Lipinski definition) is 3. The molecule has 0 amide bonds. The summed E-state index contributed by atoms with van der Waals surface area (Å²) in [4.78, 5) is 11.5. The van der Waals surface area contributed by atoms with Crippen molar-refractivity contribution in [3.8, 4) is 0 Å². The number of carbonyl (C=O) groups is 1. The van der Waals surface area contributed by atoms with Crippen LogP contribution in [-0.4, -0.2) is 19.1 Å². The number of hydrogen-bond donors (Lipinski definition) is 1. The summed E-state index contributed by atoms with van der Waals surface area (Å²) in [5, 5.41) is 0. The molecule has 0 aromatic carbocycles. The lowest BCUT2D eigenvalue weighted by Crippen LogP contribution is -2.11. The quantitative estimate of drug-likeness (QED) is 0.404. The van der Waals surface area contributed by atoms with Gasteiger partial charge in [-0.2, -0.15) is 0 Å². The standard InChI is InChI=1S/C11H21NO2/c1-4-10(5-2)9(3)11(13)14-8-6-7-12/h4-8,12H2,1-3H3. The third-order valence-electron chi connectivity index (χ3n) is 2.27. The highest BCUT2D eigenvalue weighted by molar-refractivity contribution is 5.88. The van der Waals surface area contributed by atoms with E-state index in [1.807, 2.05) is 6.92 Å². The fourth-order valence-electron chi connectivity index (χ4n) is 1.28. The SMILES string of the molecule is CCC(CC)=C(C)C(=O)OCCCN. The molecule has 82 valence electrons. The smallest absolute Gasteiger partial charge is 0.333 e. The second kappa shape index (κ2) is 7.56. The van der Waals surface area contributed by atoms with E-state index in [0.717, 1.165) is 24.8 Å². The molecular weight excluding hydrogens is 178 g/mol. The zero-order valence-electron chi connectivity index (χ0n) is 9.43. The van der Waals surface area contributed by atoms with Crippen LogP contribution in [0.15, 0.2) is 11.1 Å². The molecule has 3 heteroatoms. The first-order valence-corrected chi connectivity index (χ1v) is 5.23. The topological polar surface area (TPSA) is 52.3 Å². The van der Waals surface area contributed by atoms with Gasteiger partial charge in [0.1, 0.15) is 0 Å². The van der Waals surface area contributed by atoms with Gasteiger partial charge in [-0.15, -0.1) is 0 Å². The molecule has 0 aromatic rings. The van der Waals surface area contributed by atoms with Crippen LogP contribution >= 0.6 is 0 Å². The summed E-state index contributed by atoms with van der Waals surface area (Å²) in [5.41, 5.74) is 7.23. The van der Waals surface area contributed by atoms with Crippen LogP contribution < -0.4 is 5.73 Å². The molecule has 0 saturated heterocycles. The minimum absolute atomic E-state index is 0.197. The van der Waals surface area contributed by atoms with Crippen LogP contribution in [0.25, 0.3) is 0 Å². The van der Waals surface area contributed by atoms with Gasteiger partial charge in [-0.05, 0) is 32.7 Å². The maximum atomic E-state index is 11.5. The molecule has 14 heavy (non-hydrogen) atoms. The number of rotatable bonds is 6. The predicted molar refractivity (Wildman–Crippen MR) is 57.9 cm³/mol. The highest BCUT2D eigenvalue weighted by atomic mass is 16.5. The third kappa shape index (κ3) is 4.42. The maximum absolute atomic E-state index is 11.5. The zero-order chi connectivity index (χ0) is 11.0. The van der Waals surface area contributed by atoms with Crippen LogP contribution in [0.3, 0.4) is 0 Å². The van der Waals surface area contributed by atoms with Gasteiger partial charge in [0.25, 0.3) is 0 Å². The number of carbonyl (C=O) groups excluding carboxylic acids is 1. The Morgan fingerprint density at radius 3 is 2.29 bits per heavy atom. The Labute approximate surface area is 86.3 Å². The Morgan fingerprint density at radius 2 is 1.86 bits per heavy atom. The summed E-state index contributed by atoms with van der Waals surface area (Å²) in [6, 6.07) is 0. The number of esters is 1. The van der Waals surface area contributed by atoms with Crippen LogP contribution in [0.4, 0.5) is 0 Å². The Hall–Kier alpha value is -0.830. The highest BCUT2D eigenvalue weighted by Crippen LogP contribution is 2.13. The molecule has 0 atom stereocenters. The molecule has 0 aliphatic heterocycles. The first-order chi connectivity index (χ1) is 6.67.